The molecule has 0 aliphatic heterocycles. The first-order valence-electron chi connectivity index (χ1n) is 7.42. The summed E-state index contributed by atoms with van der Waals surface area (Å²) in [6.45, 7) is 0.328. The van der Waals surface area contributed by atoms with Gasteiger partial charge in [-0.25, -0.2) is 9.59 Å². The summed E-state index contributed by atoms with van der Waals surface area (Å²) in [4.78, 5) is 30.6. The number of rotatable bonds is 8. The largest absolute Gasteiger partial charge is 0.480 e. The first kappa shape index (κ1) is 17.4. The van der Waals surface area contributed by atoms with Crippen molar-refractivity contribution in [2.45, 2.75) is 18.5 Å². The van der Waals surface area contributed by atoms with E-state index >= 15 is 0 Å². The minimum atomic E-state index is -1.14. The van der Waals surface area contributed by atoms with Gasteiger partial charge in [0.2, 0.25) is 0 Å². The van der Waals surface area contributed by atoms with Crippen molar-refractivity contribution < 1.29 is 14.7 Å². The molecule has 0 bridgehead atoms. The number of nitrogens with two attached hydrogens (primary N) is 1. The molecule has 0 saturated carbocycles. The highest BCUT2D eigenvalue weighted by molar-refractivity contribution is 5.81. The number of hydrogen-bond donors (Lipinski definition) is 4. The van der Waals surface area contributed by atoms with Crippen LogP contribution in [0.3, 0.4) is 0 Å². The first-order chi connectivity index (χ1) is 11.6. The van der Waals surface area contributed by atoms with Crippen LogP contribution in [0.15, 0.2) is 48.8 Å². The first-order valence-corrected chi connectivity index (χ1v) is 7.42. The van der Waals surface area contributed by atoms with Crippen molar-refractivity contribution in [3.05, 3.63) is 60.2 Å². The van der Waals surface area contributed by atoms with Crippen LogP contribution in [0.5, 0.6) is 0 Å². The van der Waals surface area contributed by atoms with Gasteiger partial charge in [0.05, 0.1) is 17.4 Å². The average molecular weight is 329 g/mol. The maximum absolute atomic E-state index is 11.1. The molecule has 0 aliphatic rings. The molecule has 5 N–H and O–H groups in total. The molecular formula is C16H19N5O3. The summed E-state index contributed by atoms with van der Waals surface area (Å²) in [5, 5.41) is 14.5. The standard InChI is InChI=1S/C16H19N5O3/c17-16(24)21-13(15(22)23)7-10-20-14(11-5-1-3-8-18-11)12-6-2-4-9-19-12/h1-6,8-9,13-14,20H,7,10H2,(H,22,23)(H3,17,21,24). The third-order valence-corrected chi connectivity index (χ3v) is 3.36. The predicted molar refractivity (Wildman–Crippen MR) is 87.1 cm³/mol. The van der Waals surface area contributed by atoms with Gasteiger partial charge in [-0.05, 0) is 37.2 Å². The van der Waals surface area contributed by atoms with Gasteiger partial charge in [-0.15, -0.1) is 0 Å². The van der Waals surface area contributed by atoms with Crippen molar-refractivity contribution in [3.8, 4) is 0 Å². The normalized spacial score (nSPS) is 11.9. The second-order valence-electron chi connectivity index (χ2n) is 5.08. The summed E-state index contributed by atoms with van der Waals surface area (Å²) in [6, 6.07) is 8.90. The molecule has 24 heavy (non-hydrogen) atoms. The minimum absolute atomic E-state index is 0.175. The number of carbonyl (C=O) groups excluding carboxylic acids is 1. The highest BCUT2D eigenvalue weighted by Crippen LogP contribution is 2.17. The van der Waals surface area contributed by atoms with Gasteiger partial charge in [0.1, 0.15) is 6.04 Å². The molecule has 0 spiro atoms. The average Bonchev–Trinajstić information content (AvgIpc) is 2.58. The number of pyridine rings is 2. The van der Waals surface area contributed by atoms with Crippen molar-refractivity contribution in [3.63, 3.8) is 0 Å². The number of nitrogens with zero attached hydrogens (tertiary/aromatic N) is 2. The zero-order chi connectivity index (χ0) is 17.4. The van der Waals surface area contributed by atoms with Crippen LogP contribution in [0.25, 0.3) is 0 Å². The molecule has 0 saturated heterocycles. The van der Waals surface area contributed by atoms with Crippen LogP contribution in [0.2, 0.25) is 0 Å². The quantitative estimate of drug-likeness (QED) is 0.563. The highest BCUT2D eigenvalue weighted by atomic mass is 16.4. The van der Waals surface area contributed by atoms with Crippen molar-refractivity contribution in [2.75, 3.05) is 6.54 Å². The Morgan fingerprint density at radius 3 is 2.08 bits per heavy atom. The number of hydrogen-bond acceptors (Lipinski definition) is 5. The van der Waals surface area contributed by atoms with E-state index in [2.05, 4.69) is 20.6 Å². The van der Waals surface area contributed by atoms with Crippen LogP contribution in [0, 0.1) is 0 Å². The number of amides is 2. The molecule has 2 amide bonds. The molecule has 8 nitrogen and oxygen atoms in total. The molecule has 0 fully saturated rings. The van der Waals surface area contributed by atoms with Crippen molar-refractivity contribution in [2.24, 2.45) is 5.73 Å². The molecule has 0 aliphatic carbocycles. The Morgan fingerprint density at radius 2 is 1.67 bits per heavy atom. The fourth-order valence-electron chi connectivity index (χ4n) is 2.26. The Hall–Kier alpha value is -3.00. The van der Waals surface area contributed by atoms with Crippen LogP contribution in [-0.2, 0) is 4.79 Å². The molecule has 2 rings (SSSR count). The summed E-state index contributed by atoms with van der Waals surface area (Å²) >= 11 is 0. The number of carboxylic acids is 1. The van der Waals surface area contributed by atoms with Gasteiger partial charge in [-0.1, -0.05) is 12.1 Å². The molecule has 1 unspecified atom stereocenters. The Kier molecular flexibility index (Phi) is 6.21. The monoisotopic (exact) mass is 329 g/mol. The number of carboxylic acid groups (broad SMARTS) is 1. The van der Waals surface area contributed by atoms with Crippen LogP contribution >= 0.6 is 0 Å². The lowest BCUT2D eigenvalue weighted by molar-refractivity contribution is -0.139. The molecule has 126 valence electrons. The van der Waals surface area contributed by atoms with Crippen molar-refractivity contribution in [1.29, 1.82) is 0 Å². The second kappa shape index (κ2) is 8.59. The summed E-state index contributed by atoms with van der Waals surface area (Å²) in [7, 11) is 0. The molecule has 8 heteroatoms. The van der Waals surface area contributed by atoms with E-state index in [1.54, 1.807) is 12.4 Å². The van der Waals surface area contributed by atoms with Crippen LogP contribution in [0.4, 0.5) is 4.79 Å². The van der Waals surface area contributed by atoms with Crippen LogP contribution < -0.4 is 16.4 Å². The number of nitrogens with one attached hydrogen (secondary N) is 2. The van der Waals surface area contributed by atoms with E-state index in [1.165, 1.54) is 0 Å². The lowest BCUT2D eigenvalue weighted by Gasteiger charge is -2.19. The van der Waals surface area contributed by atoms with Gasteiger partial charge in [-0.2, -0.15) is 0 Å². The predicted octanol–water partition coefficient (Wildman–Crippen LogP) is 0.667. The SMILES string of the molecule is NC(=O)NC(CCNC(c1ccccn1)c1ccccn1)C(=O)O. The van der Waals surface area contributed by atoms with E-state index in [-0.39, 0.29) is 12.5 Å². The van der Waals surface area contributed by atoms with E-state index in [0.717, 1.165) is 11.4 Å². The van der Waals surface area contributed by atoms with E-state index in [1.807, 2.05) is 36.4 Å². The summed E-state index contributed by atoms with van der Waals surface area (Å²) in [5.41, 5.74) is 6.53. The molecule has 1 atom stereocenters. The molecule has 2 aromatic heterocycles. The lowest BCUT2D eigenvalue weighted by atomic mass is 10.1. The fourth-order valence-corrected chi connectivity index (χ4v) is 2.26. The van der Waals surface area contributed by atoms with Crippen molar-refractivity contribution in [1.82, 2.24) is 20.6 Å². The van der Waals surface area contributed by atoms with E-state index < -0.39 is 18.0 Å². The Labute approximate surface area is 139 Å². The second-order valence-corrected chi connectivity index (χ2v) is 5.08. The fraction of sp³-hybridized carbons (Fsp3) is 0.250. The Balaban J connectivity index is 2.07. The van der Waals surface area contributed by atoms with Crippen LogP contribution in [-0.4, -0.2) is 39.7 Å². The molecule has 2 heterocycles. The third-order valence-electron chi connectivity index (χ3n) is 3.36. The number of carbonyl (C=O) groups is 2. The van der Waals surface area contributed by atoms with Gasteiger partial charge in [0.25, 0.3) is 0 Å². The Morgan fingerprint density at radius 1 is 1.08 bits per heavy atom. The van der Waals surface area contributed by atoms with Gasteiger partial charge in [-0.3, -0.25) is 9.97 Å². The smallest absolute Gasteiger partial charge is 0.326 e. The minimum Gasteiger partial charge on any atom is -0.480 e. The molecular weight excluding hydrogens is 310 g/mol. The maximum atomic E-state index is 11.1. The molecule has 0 radical (unpaired) electrons. The summed E-state index contributed by atoms with van der Waals surface area (Å²) in [5.74, 6) is -1.14. The highest BCUT2D eigenvalue weighted by Gasteiger charge is 2.20. The lowest BCUT2D eigenvalue weighted by Crippen LogP contribution is -2.45. The molecule has 0 aromatic carbocycles. The number of aromatic nitrogens is 2. The van der Waals surface area contributed by atoms with E-state index in [4.69, 9.17) is 10.8 Å². The zero-order valence-corrected chi connectivity index (χ0v) is 12.9. The van der Waals surface area contributed by atoms with Crippen molar-refractivity contribution >= 4 is 12.0 Å². The van der Waals surface area contributed by atoms with E-state index in [0.29, 0.717) is 6.54 Å². The summed E-state index contributed by atoms with van der Waals surface area (Å²) in [6.07, 6.45) is 3.54. The zero-order valence-electron chi connectivity index (χ0n) is 12.9. The van der Waals surface area contributed by atoms with Crippen LogP contribution in [0.1, 0.15) is 23.9 Å². The molecule has 2 aromatic rings. The number of urea groups is 1. The summed E-state index contributed by atoms with van der Waals surface area (Å²) < 4.78 is 0. The number of primary amides is 1. The van der Waals surface area contributed by atoms with Gasteiger partial charge in [0.15, 0.2) is 0 Å². The Bertz CT molecular complexity index is 626. The third kappa shape index (κ3) is 5.03. The number of aliphatic carboxylic acids is 1. The maximum Gasteiger partial charge on any atom is 0.326 e. The topological polar surface area (TPSA) is 130 Å². The van der Waals surface area contributed by atoms with Gasteiger partial charge >= 0.3 is 12.0 Å². The van der Waals surface area contributed by atoms with E-state index in [9.17, 15) is 9.59 Å². The van der Waals surface area contributed by atoms with Gasteiger partial charge < -0.3 is 21.5 Å². The van der Waals surface area contributed by atoms with Gasteiger partial charge in [0, 0.05) is 12.4 Å².